The Bertz CT molecular complexity index is 1340. The Hall–Kier alpha value is -3.75. The summed E-state index contributed by atoms with van der Waals surface area (Å²) < 4.78 is 21.1. The monoisotopic (exact) mass is 508 g/mol. The number of methoxy groups -OCH3 is 2. The van der Waals surface area contributed by atoms with Gasteiger partial charge in [0.2, 0.25) is 16.9 Å². The van der Waals surface area contributed by atoms with Gasteiger partial charge in [-0.25, -0.2) is 0 Å². The summed E-state index contributed by atoms with van der Waals surface area (Å²) >= 11 is 0. The zero-order valence-electron chi connectivity index (χ0n) is 18.9. The van der Waals surface area contributed by atoms with Crippen molar-refractivity contribution in [3.05, 3.63) is 34.0 Å². The van der Waals surface area contributed by atoms with E-state index in [1.807, 2.05) is 0 Å². The maximum Gasteiger partial charge on any atom is 0.238 e. The Morgan fingerprint density at radius 1 is 0.861 bits per heavy atom. The van der Waals surface area contributed by atoms with Crippen LogP contribution in [0.15, 0.2) is 27.4 Å². The van der Waals surface area contributed by atoms with E-state index in [4.69, 9.17) is 18.6 Å². The Labute approximate surface area is 202 Å². The lowest BCUT2D eigenvalue weighted by molar-refractivity contribution is -0.232. The number of benzene rings is 2. The normalized spacial score (nSPS) is 24.1. The highest BCUT2D eigenvalue weighted by atomic mass is 16.5. The van der Waals surface area contributed by atoms with Gasteiger partial charge in [0.25, 0.3) is 0 Å². The summed E-state index contributed by atoms with van der Waals surface area (Å²) in [5, 5.41) is 81.6. The second-order valence-electron chi connectivity index (χ2n) is 8.12. The van der Waals surface area contributed by atoms with Gasteiger partial charge in [-0.1, -0.05) is 0 Å². The molecule has 13 nitrogen and oxygen atoms in total. The standard InChI is InChI=1S/C23H24O13/c1-33-10-3-7(4-11(34-2)15(10)26)22-20(31)18(29)14-9(35-22)5-8(25)13(17(14)28)23-21(32)19(30)16(27)12(6-24)36-23/h3-5,12,16,19,21,23-28,30-32H,6H2,1-2H3. The van der Waals surface area contributed by atoms with Crippen molar-refractivity contribution < 1.29 is 59.5 Å². The van der Waals surface area contributed by atoms with Crippen LogP contribution in [0, 0.1) is 0 Å². The molecule has 1 aliphatic rings. The average molecular weight is 508 g/mol. The summed E-state index contributed by atoms with van der Waals surface area (Å²) in [5.74, 6) is -3.45. The number of hydrogen-bond donors (Lipinski definition) is 8. The molecule has 1 aromatic heterocycles. The fourth-order valence-electron chi connectivity index (χ4n) is 4.17. The molecule has 194 valence electrons. The van der Waals surface area contributed by atoms with Crippen molar-refractivity contribution in [3.63, 3.8) is 0 Å². The maximum atomic E-state index is 13.1. The smallest absolute Gasteiger partial charge is 0.238 e. The fourth-order valence-corrected chi connectivity index (χ4v) is 4.17. The molecule has 2 aromatic carbocycles. The molecule has 1 saturated heterocycles. The highest BCUT2D eigenvalue weighted by molar-refractivity contribution is 5.90. The van der Waals surface area contributed by atoms with Crippen LogP contribution in [0.1, 0.15) is 11.7 Å². The SMILES string of the molecule is COc1cc(-c2oc3cc(O)c(C4OC(CO)C(O)C(O)C4O)c(O)c3c(=O)c2O)cc(OC)c1O. The lowest BCUT2D eigenvalue weighted by Gasteiger charge is -2.40. The minimum absolute atomic E-state index is 0.0509. The van der Waals surface area contributed by atoms with Crippen LogP contribution in [0.5, 0.6) is 34.5 Å². The Morgan fingerprint density at radius 3 is 2.03 bits per heavy atom. The second-order valence-corrected chi connectivity index (χ2v) is 8.12. The van der Waals surface area contributed by atoms with E-state index in [2.05, 4.69) is 0 Å². The predicted molar refractivity (Wildman–Crippen MR) is 120 cm³/mol. The first-order valence-corrected chi connectivity index (χ1v) is 10.6. The van der Waals surface area contributed by atoms with E-state index >= 15 is 0 Å². The number of aromatic hydroxyl groups is 4. The van der Waals surface area contributed by atoms with Gasteiger partial charge in [-0.3, -0.25) is 4.79 Å². The lowest BCUT2D eigenvalue weighted by atomic mass is 9.89. The molecule has 8 N–H and O–H groups in total. The van der Waals surface area contributed by atoms with Gasteiger partial charge in [-0.05, 0) is 12.1 Å². The minimum Gasteiger partial charge on any atom is -0.507 e. The molecule has 0 amide bonds. The summed E-state index contributed by atoms with van der Waals surface area (Å²) in [7, 11) is 2.54. The van der Waals surface area contributed by atoms with Crippen molar-refractivity contribution in [1.29, 1.82) is 0 Å². The molecule has 5 atom stereocenters. The molecule has 0 saturated carbocycles. The van der Waals surface area contributed by atoms with Crippen molar-refractivity contribution in [2.75, 3.05) is 20.8 Å². The summed E-state index contributed by atoms with van der Waals surface area (Å²) in [6.45, 7) is -0.762. The first kappa shape index (κ1) is 25.3. The van der Waals surface area contributed by atoms with Crippen LogP contribution in [0.4, 0.5) is 0 Å². The maximum absolute atomic E-state index is 13.1. The van der Waals surface area contributed by atoms with Crippen molar-refractivity contribution in [1.82, 2.24) is 0 Å². The number of aliphatic hydroxyl groups excluding tert-OH is 4. The molecule has 4 rings (SSSR count). The summed E-state index contributed by atoms with van der Waals surface area (Å²) in [6.07, 6.45) is -8.40. The third-order valence-electron chi connectivity index (χ3n) is 6.07. The zero-order valence-corrected chi connectivity index (χ0v) is 18.9. The molecule has 13 heteroatoms. The number of aliphatic hydroxyl groups is 4. The van der Waals surface area contributed by atoms with Crippen molar-refractivity contribution in [2.45, 2.75) is 30.5 Å². The van der Waals surface area contributed by atoms with Crippen LogP contribution in [0.3, 0.4) is 0 Å². The Morgan fingerprint density at radius 2 is 1.47 bits per heavy atom. The molecule has 1 aliphatic heterocycles. The van der Waals surface area contributed by atoms with E-state index in [-0.39, 0.29) is 28.4 Å². The molecule has 36 heavy (non-hydrogen) atoms. The van der Waals surface area contributed by atoms with Gasteiger partial charge < -0.3 is 59.5 Å². The molecule has 0 aliphatic carbocycles. The van der Waals surface area contributed by atoms with E-state index in [0.717, 1.165) is 6.07 Å². The summed E-state index contributed by atoms with van der Waals surface area (Å²) in [5.41, 5.74) is -1.98. The van der Waals surface area contributed by atoms with Gasteiger partial charge in [0.05, 0.1) is 26.4 Å². The molecule has 2 heterocycles. The molecule has 0 spiro atoms. The Balaban J connectivity index is 1.92. The largest absolute Gasteiger partial charge is 0.507 e. The van der Waals surface area contributed by atoms with Crippen LogP contribution in [0.25, 0.3) is 22.3 Å². The fraction of sp³-hybridized carbons (Fsp3) is 0.348. The third kappa shape index (κ3) is 3.83. The number of phenols is 3. The number of hydrogen-bond acceptors (Lipinski definition) is 13. The lowest BCUT2D eigenvalue weighted by Crippen LogP contribution is -2.55. The minimum atomic E-state index is -1.87. The van der Waals surface area contributed by atoms with Gasteiger partial charge in [0.15, 0.2) is 17.3 Å². The number of rotatable bonds is 5. The second kappa shape index (κ2) is 9.37. The van der Waals surface area contributed by atoms with Crippen molar-refractivity contribution in [3.8, 4) is 45.8 Å². The van der Waals surface area contributed by atoms with E-state index in [0.29, 0.717) is 0 Å². The topological polar surface area (TPSA) is 220 Å². The molecular weight excluding hydrogens is 484 g/mol. The number of fused-ring (bicyclic) bond motifs is 1. The van der Waals surface area contributed by atoms with Gasteiger partial charge >= 0.3 is 0 Å². The van der Waals surface area contributed by atoms with Crippen LogP contribution in [-0.2, 0) is 4.74 Å². The molecule has 0 radical (unpaired) electrons. The Kier molecular flexibility index (Phi) is 6.60. The van der Waals surface area contributed by atoms with E-state index in [1.165, 1.54) is 26.4 Å². The van der Waals surface area contributed by atoms with Gasteiger partial charge in [-0.15, -0.1) is 0 Å². The van der Waals surface area contributed by atoms with Crippen LogP contribution < -0.4 is 14.9 Å². The zero-order chi connectivity index (χ0) is 26.5. The van der Waals surface area contributed by atoms with Crippen LogP contribution in [-0.4, -0.2) is 86.1 Å². The summed E-state index contributed by atoms with van der Waals surface area (Å²) in [6, 6.07) is 3.43. The van der Waals surface area contributed by atoms with Gasteiger partial charge in [0, 0.05) is 11.6 Å². The van der Waals surface area contributed by atoms with E-state index in [9.17, 15) is 45.6 Å². The van der Waals surface area contributed by atoms with Crippen molar-refractivity contribution >= 4 is 11.0 Å². The number of phenolic OH excluding ortho intramolecular Hbond substituents is 3. The first-order valence-electron chi connectivity index (χ1n) is 10.6. The van der Waals surface area contributed by atoms with Crippen LogP contribution >= 0.6 is 0 Å². The molecular formula is C23H24O13. The average Bonchev–Trinajstić information content (AvgIpc) is 2.86. The molecule has 5 unspecified atom stereocenters. The number of ether oxygens (including phenoxy) is 3. The van der Waals surface area contributed by atoms with E-state index < -0.39 is 76.5 Å². The predicted octanol–water partition coefficient (Wildman–Crippen LogP) is -0.186. The molecule has 1 fully saturated rings. The summed E-state index contributed by atoms with van der Waals surface area (Å²) in [4.78, 5) is 13.1. The highest BCUT2D eigenvalue weighted by Gasteiger charge is 2.46. The van der Waals surface area contributed by atoms with Gasteiger partial charge in [-0.2, -0.15) is 0 Å². The molecule has 3 aromatic rings. The third-order valence-corrected chi connectivity index (χ3v) is 6.07. The quantitative estimate of drug-likeness (QED) is 0.224. The van der Waals surface area contributed by atoms with Crippen molar-refractivity contribution in [2.24, 2.45) is 0 Å². The van der Waals surface area contributed by atoms with Crippen LogP contribution in [0.2, 0.25) is 0 Å². The molecule has 0 bridgehead atoms. The van der Waals surface area contributed by atoms with Gasteiger partial charge in [0.1, 0.15) is 53.0 Å². The van der Waals surface area contributed by atoms with E-state index in [1.54, 1.807) is 0 Å². The highest BCUT2D eigenvalue weighted by Crippen LogP contribution is 2.47. The first-order chi connectivity index (χ1) is 17.0.